The van der Waals surface area contributed by atoms with Gasteiger partial charge in [0.1, 0.15) is 12.4 Å². The third kappa shape index (κ3) is 6.06. The van der Waals surface area contributed by atoms with Crippen LogP contribution in [0.25, 0.3) is 16.8 Å². The minimum Gasteiger partial charge on any atom is -0.493 e. The molecule has 1 aliphatic rings. The van der Waals surface area contributed by atoms with E-state index in [1.807, 2.05) is 61.5 Å². The normalized spacial score (nSPS) is 14.5. The summed E-state index contributed by atoms with van der Waals surface area (Å²) in [5.74, 6) is 1.29. The van der Waals surface area contributed by atoms with Crippen LogP contribution in [-0.4, -0.2) is 30.9 Å². The van der Waals surface area contributed by atoms with Crippen molar-refractivity contribution in [1.82, 2.24) is 4.57 Å². The van der Waals surface area contributed by atoms with Gasteiger partial charge in [0.2, 0.25) is 0 Å². The standard InChI is InChI=1S/C37H34N2O6S/c1-5-43-31-21-26(16-19-30(31)42-4)34-33(36(41)44-6-2)23(3)38-37-39(34)35(40)32(46-37)20-24-14-17-28(18-15-24)45-22-27-12-9-11-25-10-7-8-13-29(25)27/h7-21,34H,5-6,22H2,1-4H3/b32-20-/t34-/m1/s1. The first-order valence-electron chi connectivity index (χ1n) is 15.1. The van der Waals surface area contributed by atoms with Crippen LogP contribution in [0, 0.1) is 0 Å². The Morgan fingerprint density at radius 1 is 0.935 bits per heavy atom. The van der Waals surface area contributed by atoms with Gasteiger partial charge in [0.05, 0.1) is 42.2 Å². The highest BCUT2D eigenvalue weighted by Crippen LogP contribution is 2.36. The van der Waals surface area contributed by atoms with Crippen molar-refractivity contribution in [2.24, 2.45) is 4.99 Å². The molecule has 1 aliphatic heterocycles. The van der Waals surface area contributed by atoms with Gasteiger partial charge in [-0.1, -0.05) is 72.0 Å². The predicted octanol–water partition coefficient (Wildman–Crippen LogP) is 5.94. The summed E-state index contributed by atoms with van der Waals surface area (Å²) in [5.41, 5.74) is 3.18. The quantitative estimate of drug-likeness (QED) is 0.177. The predicted molar refractivity (Wildman–Crippen MR) is 179 cm³/mol. The van der Waals surface area contributed by atoms with Crippen molar-refractivity contribution in [3.63, 3.8) is 0 Å². The molecule has 5 aromatic rings. The summed E-state index contributed by atoms with van der Waals surface area (Å²) in [4.78, 5) is 32.5. The zero-order chi connectivity index (χ0) is 32.2. The number of methoxy groups -OCH3 is 1. The molecule has 0 saturated heterocycles. The molecule has 0 unspecified atom stereocenters. The molecule has 2 heterocycles. The van der Waals surface area contributed by atoms with Crippen LogP contribution in [-0.2, 0) is 16.1 Å². The number of rotatable bonds is 10. The SMILES string of the molecule is CCOC(=O)C1=C(C)N=c2s/c(=C\c3ccc(OCc4cccc5ccccc45)cc3)c(=O)n2[C@@H]1c1ccc(OC)c(OCC)c1. The third-order valence-corrected chi connectivity index (χ3v) is 8.76. The Morgan fingerprint density at radius 3 is 2.48 bits per heavy atom. The van der Waals surface area contributed by atoms with E-state index in [9.17, 15) is 9.59 Å². The summed E-state index contributed by atoms with van der Waals surface area (Å²) in [6.45, 7) is 6.46. The number of hydrogen-bond acceptors (Lipinski definition) is 8. The third-order valence-electron chi connectivity index (χ3n) is 7.77. The Morgan fingerprint density at radius 2 is 1.72 bits per heavy atom. The summed E-state index contributed by atoms with van der Waals surface area (Å²) >= 11 is 1.28. The molecule has 234 valence electrons. The van der Waals surface area contributed by atoms with Crippen molar-refractivity contribution in [1.29, 1.82) is 0 Å². The van der Waals surface area contributed by atoms with E-state index in [1.165, 1.54) is 22.1 Å². The number of carbonyl (C=O) groups is 1. The van der Waals surface area contributed by atoms with Gasteiger partial charge in [0, 0.05) is 0 Å². The summed E-state index contributed by atoms with van der Waals surface area (Å²) in [7, 11) is 1.57. The van der Waals surface area contributed by atoms with Crippen LogP contribution in [0.15, 0.2) is 106 Å². The average molecular weight is 635 g/mol. The van der Waals surface area contributed by atoms with Gasteiger partial charge >= 0.3 is 5.97 Å². The fourth-order valence-electron chi connectivity index (χ4n) is 5.63. The van der Waals surface area contributed by atoms with Gasteiger partial charge in [-0.25, -0.2) is 9.79 Å². The topological polar surface area (TPSA) is 88.4 Å². The molecule has 0 amide bonds. The van der Waals surface area contributed by atoms with E-state index in [2.05, 4.69) is 29.3 Å². The van der Waals surface area contributed by atoms with E-state index >= 15 is 0 Å². The summed E-state index contributed by atoms with van der Waals surface area (Å²) in [5, 5.41) is 2.34. The Balaban J connectivity index is 1.34. The van der Waals surface area contributed by atoms with Gasteiger partial charge in [0.25, 0.3) is 5.56 Å². The monoisotopic (exact) mass is 634 g/mol. The fourth-order valence-corrected chi connectivity index (χ4v) is 6.68. The number of hydrogen-bond donors (Lipinski definition) is 0. The second-order valence-corrected chi connectivity index (χ2v) is 11.7. The number of benzene rings is 4. The van der Waals surface area contributed by atoms with Crippen molar-refractivity contribution in [3.8, 4) is 17.2 Å². The highest BCUT2D eigenvalue weighted by molar-refractivity contribution is 7.07. The molecular weight excluding hydrogens is 600 g/mol. The van der Waals surface area contributed by atoms with Crippen LogP contribution in [0.5, 0.6) is 17.2 Å². The Labute approximate surface area is 270 Å². The van der Waals surface area contributed by atoms with Gasteiger partial charge in [-0.2, -0.15) is 0 Å². The number of fused-ring (bicyclic) bond motifs is 2. The van der Waals surface area contributed by atoms with E-state index < -0.39 is 12.0 Å². The highest BCUT2D eigenvalue weighted by Gasteiger charge is 2.34. The first-order chi connectivity index (χ1) is 22.4. The molecule has 0 N–H and O–H groups in total. The summed E-state index contributed by atoms with van der Waals surface area (Å²) in [6.07, 6.45) is 1.83. The number of nitrogens with zero attached hydrogens (tertiary/aromatic N) is 2. The van der Waals surface area contributed by atoms with E-state index in [4.69, 9.17) is 18.9 Å². The van der Waals surface area contributed by atoms with E-state index in [-0.39, 0.29) is 12.2 Å². The summed E-state index contributed by atoms with van der Waals surface area (Å²) in [6, 6.07) is 26.7. The van der Waals surface area contributed by atoms with Crippen molar-refractivity contribution >= 4 is 34.2 Å². The molecule has 8 nitrogen and oxygen atoms in total. The van der Waals surface area contributed by atoms with Crippen LogP contribution in [0.1, 0.15) is 43.5 Å². The number of ether oxygens (including phenoxy) is 4. The van der Waals surface area contributed by atoms with Gasteiger partial charge in [-0.15, -0.1) is 0 Å². The first-order valence-corrected chi connectivity index (χ1v) is 15.9. The Kier molecular flexibility index (Phi) is 9.03. The highest BCUT2D eigenvalue weighted by atomic mass is 32.1. The lowest BCUT2D eigenvalue weighted by molar-refractivity contribution is -0.139. The zero-order valence-electron chi connectivity index (χ0n) is 26.1. The molecule has 1 atom stereocenters. The average Bonchev–Trinajstić information content (AvgIpc) is 3.37. The second kappa shape index (κ2) is 13.5. The van der Waals surface area contributed by atoms with Crippen LogP contribution >= 0.6 is 11.3 Å². The molecular formula is C37H34N2O6S. The lowest BCUT2D eigenvalue weighted by atomic mass is 9.95. The maximum Gasteiger partial charge on any atom is 0.338 e. The smallest absolute Gasteiger partial charge is 0.338 e. The van der Waals surface area contributed by atoms with E-state index in [0.717, 1.165) is 16.9 Å². The van der Waals surface area contributed by atoms with Crippen LogP contribution in [0.3, 0.4) is 0 Å². The molecule has 0 spiro atoms. The van der Waals surface area contributed by atoms with E-state index in [1.54, 1.807) is 37.7 Å². The zero-order valence-corrected chi connectivity index (χ0v) is 26.9. The lowest BCUT2D eigenvalue weighted by Crippen LogP contribution is -2.40. The van der Waals surface area contributed by atoms with Crippen LogP contribution in [0.4, 0.5) is 0 Å². The first kappa shape index (κ1) is 30.9. The van der Waals surface area contributed by atoms with Crippen molar-refractivity contribution < 1.29 is 23.7 Å². The molecule has 6 rings (SSSR count). The molecule has 1 aromatic heterocycles. The van der Waals surface area contributed by atoms with Gasteiger partial charge in [0.15, 0.2) is 16.3 Å². The Bertz CT molecular complexity index is 2120. The number of carbonyl (C=O) groups excluding carboxylic acids is 1. The Hall–Kier alpha value is -5.15. The fraction of sp³-hybridized carbons (Fsp3) is 0.216. The minimum atomic E-state index is -0.757. The molecule has 0 aliphatic carbocycles. The van der Waals surface area contributed by atoms with Crippen molar-refractivity contribution in [2.75, 3.05) is 20.3 Å². The largest absolute Gasteiger partial charge is 0.493 e. The van der Waals surface area contributed by atoms with Gasteiger partial charge in [-0.05, 0) is 78.6 Å². The van der Waals surface area contributed by atoms with Gasteiger partial charge < -0.3 is 18.9 Å². The molecule has 4 aromatic carbocycles. The number of aromatic nitrogens is 1. The van der Waals surface area contributed by atoms with Crippen molar-refractivity contribution in [2.45, 2.75) is 33.4 Å². The maximum atomic E-state index is 14.0. The molecule has 9 heteroatoms. The molecule has 0 saturated carbocycles. The summed E-state index contributed by atoms with van der Waals surface area (Å²) < 4.78 is 24.9. The number of esters is 1. The molecule has 0 radical (unpaired) electrons. The maximum absolute atomic E-state index is 14.0. The minimum absolute atomic E-state index is 0.196. The lowest BCUT2D eigenvalue weighted by Gasteiger charge is -2.25. The van der Waals surface area contributed by atoms with Crippen molar-refractivity contribution in [3.05, 3.63) is 133 Å². The van der Waals surface area contributed by atoms with Gasteiger partial charge in [-0.3, -0.25) is 9.36 Å². The molecule has 0 bridgehead atoms. The number of thiazole rings is 1. The number of allylic oxidation sites excluding steroid dienone is 1. The molecule has 0 fully saturated rings. The second-order valence-electron chi connectivity index (χ2n) is 10.6. The molecule has 46 heavy (non-hydrogen) atoms. The van der Waals surface area contributed by atoms with E-state index in [0.29, 0.717) is 50.9 Å². The van der Waals surface area contributed by atoms with Crippen LogP contribution < -0.4 is 29.1 Å². The van der Waals surface area contributed by atoms with Crippen LogP contribution in [0.2, 0.25) is 0 Å².